The zero-order valence-corrected chi connectivity index (χ0v) is 15.5. The number of nitrogens with zero attached hydrogens (tertiary/aromatic N) is 1. The third-order valence-corrected chi connectivity index (χ3v) is 4.67. The van der Waals surface area contributed by atoms with Crippen molar-refractivity contribution in [2.45, 2.75) is 16.8 Å². The second-order valence-corrected chi connectivity index (χ2v) is 7.26. The lowest BCUT2D eigenvalue weighted by Gasteiger charge is -2.31. The minimum absolute atomic E-state index is 0.00184. The molecule has 1 aromatic carbocycles. The van der Waals surface area contributed by atoms with Gasteiger partial charge in [0.2, 0.25) is 5.91 Å². The number of benzene rings is 1. The number of hydrogen-bond donors (Lipinski definition) is 0. The molecule has 9 heteroatoms. The summed E-state index contributed by atoms with van der Waals surface area (Å²) in [4.78, 5) is 12.9. The molecule has 0 aromatic heterocycles. The summed E-state index contributed by atoms with van der Waals surface area (Å²) in [5, 5.41) is 0. The van der Waals surface area contributed by atoms with E-state index in [-0.39, 0.29) is 23.8 Å². The van der Waals surface area contributed by atoms with Crippen LogP contribution in [0.5, 0.6) is 5.75 Å². The van der Waals surface area contributed by atoms with Gasteiger partial charge in [-0.05, 0) is 12.7 Å². The zero-order valence-electron chi connectivity index (χ0n) is 12.6. The Bertz CT molecular complexity index is 633. The van der Waals surface area contributed by atoms with E-state index in [2.05, 4.69) is 0 Å². The summed E-state index contributed by atoms with van der Waals surface area (Å²) in [6.07, 6.45) is 0.583. The molecule has 1 aliphatic heterocycles. The fraction of sp³-hybridized carbons (Fsp3) is 0.400. The first-order chi connectivity index (χ1) is 11.3. The van der Waals surface area contributed by atoms with E-state index in [1.165, 1.54) is 17.8 Å². The first-order valence-electron chi connectivity index (χ1n) is 6.90. The number of allylic oxidation sites excluding steroid dienone is 1. The van der Waals surface area contributed by atoms with Gasteiger partial charge >= 0.3 is 0 Å². The van der Waals surface area contributed by atoms with E-state index >= 15 is 0 Å². The molecule has 2 rings (SSSR count). The molecule has 1 aromatic rings. The summed E-state index contributed by atoms with van der Waals surface area (Å²) in [7, 11) is 0. The van der Waals surface area contributed by atoms with E-state index in [4.69, 9.17) is 4.74 Å². The predicted molar refractivity (Wildman–Crippen MR) is 93.5 cm³/mol. The fourth-order valence-electron chi connectivity index (χ4n) is 2.28. The number of hydrogen-bond acceptors (Lipinski definition) is 3. The maximum atomic E-state index is 14.4. The van der Waals surface area contributed by atoms with Crippen LogP contribution in [0.1, 0.15) is 12.0 Å². The van der Waals surface area contributed by atoms with Crippen LogP contribution in [0, 0.1) is 11.6 Å². The van der Waals surface area contributed by atoms with Gasteiger partial charge in [-0.3, -0.25) is 4.79 Å². The van der Waals surface area contributed by atoms with Gasteiger partial charge in [0.05, 0.1) is 21.7 Å². The summed E-state index contributed by atoms with van der Waals surface area (Å²) in [6.45, 7) is -0.909. The molecule has 0 spiro atoms. The number of carbonyl (C=O) groups excluding carboxylic acids is 1. The molecule has 0 fully saturated rings. The normalized spacial score (nSPS) is 18.1. The second kappa shape index (κ2) is 8.41. The van der Waals surface area contributed by atoms with Crippen LogP contribution >= 0.6 is 34.4 Å². The number of alkyl halides is 3. The standard InChI is InChI=1S/C15H14F4INO2S/c1-24-7-23-8-4-9(16)14(10(17)5-8)12-3-2-11(20)15(22)21(12)6-13(18)19/h3-5,11,13H,2,6-7H2,1H3. The summed E-state index contributed by atoms with van der Waals surface area (Å²) >= 11 is 3.15. The monoisotopic (exact) mass is 475 g/mol. The molecule has 0 bridgehead atoms. The lowest BCUT2D eigenvalue weighted by Crippen LogP contribution is -2.41. The van der Waals surface area contributed by atoms with Crippen molar-refractivity contribution in [3.05, 3.63) is 35.4 Å². The van der Waals surface area contributed by atoms with Crippen LogP contribution in [-0.4, -0.2) is 39.9 Å². The average Bonchev–Trinajstić information content (AvgIpc) is 2.51. The Hall–Kier alpha value is -0.970. The Balaban J connectivity index is 2.42. The Morgan fingerprint density at radius 1 is 1.38 bits per heavy atom. The SMILES string of the molecule is CSCOc1cc(F)c(C2=CCC(I)C(=O)N2CC(F)F)c(F)c1. The molecule has 1 amide bonds. The van der Waals surface area contributed by atoms with Crippen molar-refractivity contribution < 1.29 is 27.1 Å². The molecule has 0 saturated carbocycles. The molecule has 1 atom stereocenters. The van der Waals surface area contributed by atoms with E-state index in [1.807, 2.05) is 22.6 Å². The molecule has 0 N–H and O–H groups in total. The highest BCUT2D eigenvalue weighted by atomic mass is 127. The minimum atomic E-state index is -2.81. The number of carbonyl (C=O) groups is 1. The van der Waals surface area contributed by atoms with Gasteiger partial charge in [-0.2, -0.15) is 0 Å². The molecule has 1 unspecified atom stereocenters. The van der Waals surface area contributed by atoms with Gasteiger partial charge in [0, 0.05) is 12.1 Å². The van der Waals surface area contributed by atoms with Crippen molar-refractivity contribution in [1.29, 1.82) is 0 Å². The van der Waals surface area contributed by atoms with Crippen LogP contribution in [0.15, 0.2) is 18.2 Å². The molecule has 24 heavy (non-hydrogen) atoms. The summed E-state index contributed by atoms with van der Waals surface area (Å²) in [5.41, 5.74) is -0.663. The topological polar surface area (TPSA) is 29.5 Å². The maximum absolute atomic E-state index is 14.4. The molecule has 0 aliphatic carbocycles. The van der Waals surface area contributed by atoms with Gasteiger partial charge in [-0.15, -0.1) is 11.8 Å². The van der Waals surface area contributed by atoms with Gasteiger partial charge in [-0.1, -0.05) is 28.7 Å². The van der Waals surface area contributed by atoms with Gasteiger partial charge in [0.1, 0.15) is 23.3 Å². The largest absolute Gasteiger partial charge is 0.483 e. The van der Waals surface area contributed by atoms with E-state index < -0.39 is 40.0 Å². The molecule has 1 heterocycles. The van der Waals surface area contributed by atoms with Gasteiger partial charge < -0.3 is 9.64 Å². The molecule has 132 valence electrons. The minimum Gasteiger partial charge on any atom is -0.483 e. The third-order valence-electron chi connectivity index (χ3n) is 3.28. The molecular weight excluding hydrogens is 461 g/mol. The summed E-state index contributed by atoms with van der Waals surface area (Å²) in [5.74, 6) is -2.30. The molecule has 3 nitrogen and oxygen atoms in total. The number of ether oxygens (including phenoxy) is 1. The zero-order chi connectivity index (χ0) is 17.9. The maximum Gasteiger partial charge on any atom is 0.256 e. The summed E-state index contributed by atoms with van der Waals surface area (Å²) < 4.78 is 58.9. The number of halogens is 5. The fourth-order valence-corrected chi connectivity index (χ4v) is 3.13. The number of thioether (sulfide) groups is 1. The Morgan fingerprint density at radius 3 is 2.54 bits per heavy atom. The Kier molecular flexibility index (Phi) is 6.79. The van der Waals surface area contributed by atoms with Crippen LogP contribution in [0.4, 0.5) is 17.6 Å². The first-order valence-corrected chi connectivity index (χ1v) is 9.54. The van der Waals surface area contributed by atoms with Gasteiger partial charge in [0.25, 0.3) is 6.43 Å². The van der Waals surface area contributed by atoms with Crippen LogP contribution in [-0.2, 0) is 4.79 Å². The van der Waals surface area contributed by atoms with Crippen molar-refractivity contribution in [3.8, 4) is 5.75 Å². The van der Waals surface area contributed by atoms with E-state index in [0.717, 1.165) is 17.0 Å². The number of rotatable bonds is 6. The van der Waals surface area contributed by atoms with Crippen LogP contribution in [0.3, 0.4) is 0 Å². The third kappa shape index (κ3) is 4.35. The van der Waals surface area contributed by atoms with E-state index in [9.17, 15) is 22.4 Å². The number of amides is 1. The molecule has 0 radical (unpaired) electrons. The van der Waals surface area contributed by atoms with Crippen molar-refractivity contribution in [2.24, 2.45) is 0 Å². The first kappa shape index (κ1) is 19.4. The van der Waals surface area contributed by atoms with Crippen molar-refractivity contribution in [1.82, 2.24) is 4.90 Å². The van der Waals surface area contributed by atoms with E-state index in [0.29, 0.717) is 0 Å². The highest BCUT2D eigenvalue weighted by molar-refractivity contribution is 14.1. The highest BCUT2D eigenvalue weighted by Gasteiger charge is 2.33. The molecular formula is C15H14F4INO2S. The van der Waals surface area contributed by atoms with Crippen molar-refractivity contribution >= 4 is 46.0 Å². The van der Waals surface area contributed by atoms with Gasteiger partial charge in [0.15, 0.2) is 0 Å². The lowest BCUT2D eigenvalue weighted by atomic mass is 10.0. The van der Waals surface area contributed by atoms with Crippen LogP contribution in [0.25, 0.3) is 5.70 Å². The molecule has 1 aliphatic rings. The van der Waals surface area contributed by atoms with E-state index in [1.54, 1.807) is 6.26 Å². The van der Waals surface area contributed by atoms with Crippen molar-refractivity contribution in [3.63, 3.8) is 0 Å². The quantitative estimate of drug-likeness (QED) is 0.266. The highest BCUT2D eigenvalue weighted by Crippen LogP contribution is 2.34. The second-order valence-electron chi connectivity index (χ2n) is 4.95. The van der Waals surface area contributed by atoms with Crippen molar-refractivity contribution in [2.75, 3.05) is 18.7 Å². The Labute approximate surface area is 154 Å². The smallest absolute Gasteiger partial charge is 0.256 e. The van der Waals surface area contributed by atoms with Crippen LogP contribution in [0.2, 0.25) is 0 Å². The van der Waals surface area contributed by atoms with Gasteiger partial charge in [-0.25, -0.2) is 17.6 Å². The van der Waals surface area contributed by atoms with Crippen LogP contribution < -0.4 is 4.74 Å². The average molecular weight is 475 g/mol. The Morgan fingerprint density at radius 2 is 2.00 bits per heavy atom. The lowest BCUT2D eigenvalue weighted by molar-refractivity contribution is -0.128. The predicted octanol–water partition coefficient (Wildman–Crippen LogP) is 4.31. The summed E-state index contributed by atoms with van der Waals surface area (Å²) in [6, 6.07) is 1.97. The molecule has 0 saturated heterocycles.